The molecule has 0 bridgehead atoms. The number of H-pyrrole nitrogens is 1. The van der Waals surface area contributed by atoms with Gasteiger partial charge in [0, 0.05) is 50.9 Å². The van der Waals surface area contributed by atoms with Crippen LogP contribution in [0.15, 0.2) is 18.3 Å². The lowest BCUT2D eigenvalue weighted by atomic mass is 9.80. The van der Waals surface area contributed by atoms with Gasteiger partial charge in [0.2, 0.25) is 0 Å². The van der Waals surface area contributed by atoms with E-state index in [-0.39, 0.29) is 17.5 Å². The van der Waals surface area contributed by atoms with E-state index in [1.807, 2.05) is 38.8 Å². The van der Waals surface area contributed by atoms with Crippen molar-refractivity contribution < 1.29 is 4.79 Å². The first-order valence-electron chi connectivity index (χ1n) is 9.94. The van der Waals surface area contributed by atoms with Crippen molar-refractivity contribution in [3.05, 3.63) is 41.2 Å². The molecule has 4 rings (SSSR count). The van der Waals surface area contributed by atoms with Crippen molar-refractivity contribution >= 4 is 6.03 Å². The Morgan fingerprint density at radius 3 is 2.79 bits per heavy atom. The van der Waals surface area contributed by atoms with Gasteiger partial charge >= 0.3 is 6.03 Å². The van der Waals surface area contributed by atoms with Crippen molar-refractivity contribution in [2.75, 3.05) is 26.2 Å². The highest BCUT2D eigenvalue weighted by atomic mass is 16.2. The van der Waals surface area contributed by atoms with Crippen LogP contribution < -0.4 is 5.32 Å². The standard InChI is InChI=1S/C20H29N7O/c1-13(2)22-19(28)27-9-16-8-26(10-17-6-5-14(3)7-21-17)11-20(16,12-27)18-23-15(4)24-25-18/h5-7,13,16H,8-12H2,1-4H3,(H,22,28)(H,23,24,25)/t16-,20-/m1/s1. The van der Waals surface area contributed by atoms with Gasteiger partial charge < -0.3 is 10.2 Å². The maximum atomic E-state index is 12.6. The number of amides is 2. The topological polar surface area (TPSA) is 90.0 Å². The van der Waals surface area contributed by atoms with Crippen LogP contribution >= 0.6 is 0 Å². The van der Waals surface area contributed by atoms with E-state index in [9.17, 15) is 4.79 Å². The Kier molecular flexibility index (Phi) is 4.82. The van der Waals surface area contributed by atoms with Gasteiger partial charge in [-0.25, -0.2) is 9.78 Å². The van der Waals surface area contributed by atoms with Gasteiger partial charge in [-0.2, -0.15) is 5.10 Å². The van der Waals surface area contributed by atoms with Crippen LogP contribution in [0.3, 0.4) is 0 Å². The second-order valence-electron chi connectivity index (χ2n) is 8.58. The van der Waals surface area contributed by atoms with Crippen LogP contribution in [0.25, 0.3) is 0 Å². The van der Waals surface area contributed by atoms with Gasteiger partial charge in [0.1, 0.15) is 5.82 Å². The van der Waals surface area contributed by atoms with Crippen LogP contribution in [0.1, 0.15) is 36.8 Å². The molecule has 2 aliphatic heterocycles. The minimum atomic E-state index is -0.232. The van der Waals surface area contributed by atoms with E-state index in [1.54, 1.807) is 0 Å². The summed E-state index contributed by atoms with van der Waals surface area (Å²) in [6.07, 6.45) is 1.92. The van der Waals surface area contributed by atoms with Crippen LogP contribution in [0.5, 0.6) is 0 Å². The Hall–Kier alpha value is -2.48. The molecule has 2 amide bonds. The summed E-state index contributed by atoms with van der Waals surface area (Å²) in [6.45, 7) is 11.9. The summed E-state index contributed by atoms with van der Waals surface area (Å²) in [5.41, 5.74) is 2.01. The number of nitrogens with one attached hydrogen (secondary N) is 2. The molecule has 2 aromatic heterocycles. The predicted molar refractivity (Wildman–Crippen MR) is 106 cm³/mol. The second kappa shape index (κ2) is 7.16. The summed E-state index contributed by atoms with van der Waals surface area (Å²) in [5.74, 6) is 1.95. The lowest BCUT2D eigenvalue weighted by Crippen LogP contribution is -2.45. The van der Waals surface area contributed by atoms with Crippen molar-refractivity contribution in [3.8, 4) is 0 Å². The fraction of sp³-hybridized carbons (Fsp3) is 0.600. The molecule has 28 heavy (non-hydrogen) atoms. The van der Waals surface area contributed by atoms with Gasteiger partial charge in [0.05, 0.1) is 11.1 Å². The minimum absolute atomic E-state index is 0.00258. The number of hydrogen-bond acceptors (Lipinski definition) is 5. The molecule has 0 saturated carbocycles. The molecule has 2 atom stereocenters. The number of fused-ring (bicyclic) bond motifs is 1. The number of nitrogens with zero attached hydrogens (tertiary/aromatic N) is 5. The van der Waals surface area contributed by atoms with Gasteiger partial charge in [-0.1, -0.05) is 6.07 Å². The number of pyridine rings is 1. The molecule has 2 saturated heterocycles. The Balaban J connectivity index is 1.55. The zero-order valence-corrected chi connectivity index (χ0v) is 17.1. The molecule has 0 unspecified atom stereocenters. The van der Waals surface area contributed by atoms with E-state index in [0.717, 1.165) is 43.5 Å². The highest BCUT2D eigenvalue weighted by molar-refractivity contribution is 5.75. The molecule has 2 fully saturated rings. The number of hydrogen-bond donors (Lipinski definition) is 2. The summed E-state index contributed by atoms with van der Waals surface area (Å²) in [6, 6.07) is 4.32. The van der Waals surface area contributed by atoms with E-state index in [2.05, 4.69) is 42.5 Å². The molecule has 2 N–H and O–H groups in total. The fourth-order valence-corrected chi connectivity index (χ4v) is 4.49. The zero-order valence-electron chi connectivity index (χ0n) is 17.1. The number of aryl methyl sites for hydroxylation is 2. The third kappa shape index (κ3) is 3.48. The second-order valence-corrected chi connectivity index (χ2v) is 8.58. The normalized spacial score (nSPS) is 24.8. The quantitative estimate of drug-likeness (QED) is 0.837. The summed E-state index contributed by atoms with van der Waals surface area (Å²) in [5, 5.41) is 10.5. The van der Waals surface area contributed by atoms with Crippen molar-refractivity contribution in [1.82, 2.24) is 35.3 Å². The maximum Gasteiger partial charge on any atom is 0.317 e. The van der Waals surface area contributed by atoms with E-state index < -0.39 is 0 Å². The van der Waals surface area contributed by atoms with Crippen molar-refractivity contribution in [2.24, 2.45) is 5.92 Å². The Morgan fingerprint density at radius 2 is 2.14 bits per heavy atom. The number of carbonyl (C=O) groups excluding carboxylic acids is 1. The molecule has 8 heteroatoms. The number of aromatic amines is 1. The molecule has 2 aliphatic rings. The SMILES string of the molecule is Cc1ccc(CN2C[C@@H]3CN(C(=O)NC(C)C)C[C@]3(c3n[nH]c(C)n3)C2)nc1. The van der Waals surface area contributed by atoms with Crippen LogP contribution in [0.2, 0.25) is 0 Å². The first kappa shape index (κ1) is 18.9. The first-order valence-corrected chi connectivity index (χ1v) is 9.94. The number of aromatic nitrogens is 4. The molecular weight excluding hydrogens is 354 g/mol. The summed E-state index contributed by atoms with van der Waals surface area (Å²) < 4.78 is 0. The summed E-state index contributed by atoms with van der Waals surface area (Å²) >= 11 is 0. The molecular formula is C20H29N7O. The summed E-state index contributed by atoms with van der Waals surface area (Å²) in [7, 11) is 0. The van der Waals surface area contributed by atoms with Gasteiger partial charge in [0.25, 0.3) is 0 Å². The monoisotopic (exact) mass is 383 g/mol. The number of urea groups is 1. The molecule has 0 radical (unpaired) electrons. The van der Waals surface area contributed by atoms with Gasteiger partial charge in [-0.3, -0.25) is 15.0 Å². The highest BCUT2D eigenvalue weighted by Crippen LogP contribution is 2.44. The van der Waals surface area contributed by atoms with Crippen LogP contribution in [-0.2, 0) is 12.0 Å². The predicted octanol–water partition coefficient (Wildman–Crippen LogP) is 1.62. The van der Waals surface area contributed by atoms with Crippen molar-refractivity contribution in [2.45, 2.75) is 45.7 Å². The van der Waals surface area contributed by atoms with Crippen LogP contribution in [-0.4, -0.2) is 68.2 Å². The Morgan fingerprint density at radius 1 is 1.32 bits per heavy atom. The fourth-order valence-electron chi connectivity index (χ4n) is 4.49. The average molecular weight is 384 g/mol. The molecule has 0 aromatic carbocycles. The highest BCUT2D eigenvalue weighted by Gasteiger charge is 2.56. The van der Waals surface area contributed by atoms with Crippen molar-refractivity contribution in [3.63, 3.8) is 0 Å². The molecule has 0 aliphatic carbocycles. The van der Waals surface area contributed by atoms with Gasteiger partial charge in [-0.05, 0) is 39.3 Å². The van der Waals surface area contributed by atoms with E-state index >= 15 is 0 Å². The lowest BCUT2D eigenvalue weighted by molar-refractivity contribution is 0.194. The average Bonchev–Trinajstić information content (AvgIpc) is 3.29. The molecule has 2 aromatic rings. The smallest absolute Gasteiger partial charge is 0.317 e. The van der Waals surface area contributed by atoms with Gasteiger partial charge in [0.15, 0.2) is 5.82 Å². The molecule has 8 nitrogen and oxygen atoms in total. The van der Waals surface area contributed by atoms with Crippen molar-refractivity contribution in [1.29, 1.82) is 0 Å². The first-order chi connectivity index (χ1) is 13.4. The zero-order chi connectivity index (χ0) is 19.9. The maximum absolute atomic E-state index is 12.6. The molecule has 4 heterocycles. The third-order valence-corrected chi connectivity index (χ3v) is 5.78. The minimum Gasteiger partial charge on any atom is -0.336 e. The van der Waals surface area contributed by atoms with E-state index in [1.165, 1.54) is 5.56 Å². The number of carbonyl (C=O) groups is 1. The van der Waals surface area contributed by atoms with E-state index in [0.29, 0.717) is 12.5 Å². The third-order valence-electron chi connectivity index (χ3n) is 5.78. The molecule has 0 spiro atoms. The largest absolute Gasteiger partial charge is 0.336 e. The number of rotatable bonds is 4. The number of likely N-dealkylation sites (tertiary alicyclic amines) is 2. The Labute approximate surface area is 165 Å². The van der Waals surface area contributed by atoms with Crippen LogP contribution in [0, 0.1) is 19.8 Å². The van der Waals surface area contributed by atoms with Gasteiger partial charge in [-0.15, -0.1) is 0 Å². The lowest BCUT2D eigenvalue weighted by Gasteiger charge is -2.27. The summed E-state index contributed by atoms with van der Waals surface area (Å²) in [4.78, 5) is 26.2. The Bertz CT molecular complexity index is 846. The van der Waals surface area contributed by atoms with E-state index in [4.69, 9.17) is 0 Å². The van der Waals surface area contributed by atoms with Crippen LogP contribution in [0.4, 0.5) is 4.79 Å². The molecule has 150 valence electrons.